The highest BCUT2D eigenvalue weighted by molar-refractivity contribution is 5.95. The number of ether oxygens (including phenoxy) is 2. The van der Waals surface area contributed by atoms with Gasteiger partial charge in [0.1, 0.15) is 6.61 Å². The minimum absolute atomic E-state index is 0.0373. The van der Waals surface area contributed by atoms with Crippen molar-refractivity contribution in [2.24, 2.45) is 0 Å². The Bertz CT molecular complexity index is 1190. The molecular weight excluding hydrogens is 464 g/mol. The number of nitrogens with zero attached hydrogens (tertiary/aromatic N) is 1. The van der Waals surface area contributed by atoms with Gasteiger partial charge in [-0.2, -0.15) is 0 Å². The number of rotatable bonds is 12. The van der Waals surface area contributed by atoms with Crippen LogP contribution in [-0.4, -0.2) is 48.9 Å². The average molecular weight is 503 g/mol. The predicted octanol–water partition coefficient (Wildman–Crippen LogP) is 6.24. The maximum Gasteiger partial charge on any atom is 0.228 e. The summed E-state index contributed by atoms with van der Waals surface area (Å²) in [5.41, 5.74) is 4.21. The maximum absolute atomic E-state index is 12.7. The minimum atomic E-state index is -0.117. The van der Waals surface area contributed by atoms with Gasteiger partial charge in [-0.3, -0.25) is 14.5 Å². The van der Waals surface area contributed by atoms with Crippen LogP contribution in [0, 0.1) is 0 Å². The van der Waals surface area contributed by atoms with Gasteiger partial charge in [0.05, 0.1) is 13.5 Å². The van der Waals surface area contributed by atoms with Crippen LogP contribution in [-0.2, 0) is 11.2 Å². The van der Waals surface area contributed by atoms with E-state index in [2.05, 4.69) is 37.9 Å². The van der Waals surface area contributed by atoms with Crippen molar-refractivity contribution >= 4 is 17.4 Å². The molecule has 37 heavy (non-hydrogen) atoms. The average Bonchev–Trinajstić information content (AvgIpc) is 2.86. The largest absolute Gasteiger partial charge is 0.493 e. The van der Waals surface area contributed by atoms with E-state index in [0.717, 1.165) is 23.2 Å². The smallest absolute Gasteiger partial charge is 0.228 e. The number of nitrogens with one attached hydrogen (secondary N) is 1. The van der Waals surface area contributed by atoms with Crippen LogP contribution in [0.3, 0.4) is 0 Å². The van der Waals surface area contributed by atoms with Crippen LogP contribution in [0.4, 0.5) is 5.69 Å². The monoisotopic (exact) mass is 502 g/mol. The number of hydrogen-bond donors (Lipinski definition) is 1. The Morgan fingerprint density at radius 2 is 1.57 bits per heavy atom. The summed E-state index contributed by atoms with van der Waals surface area (Å²) < 4.78 is 11.5. The fourth-order valence-corrected chi connectivity index (χ4v) is 4.36. The van der Waals surface area contributed by atoms with Gasteiger partial charge in [-0.25, -0.2) is 0 Å². The Balaban J connectivity index is 1.62. The normalized spacial score (nSPS) is 11.2. The molecule has 0 saturated heterocycles. The zero-order valence-corrected chi connectivity index (χ0v) is 22.7. The van der Waals surface area contributed by atoms with Gasteiger partial charge in [-0.05, 0) is 69.5 Å². The molecule has 1 N–H and O–H groups in total. The highest BCUT2D eigenvalue weighted by Crippen LogP contribution is 2.30. The van der Waals surface area contributed by atoms with Crippen molar-refractivity contribution in [3.05, 3.63) is 77.9 Å². The van der Waals surface area contributed by atoms with E-state index in [-0.39, 0.29) is 18.1 Å². The van der Waals surface area contributed by atoms with E-state index in [1.54, 1.807) is 26.2 Å². The van der Waals surface area contributed by atoms with E-state index in [1.807, 2.05) is 54.6 Å². The number of amides is 1. The predicted molar refractivity (Wildman–Crippen MR) is 150 cm³/mol. The van der Waals surface area contributed by atoms with Crippen molar-refractivity contribution in [3.8, 4) is 22.6 Å². The summed E-state index contributed by atoms with van der Waals surface area (Å²) in [4.78, 5) is 26.8. The van der Waals surface area contributed by atoms with Crippen molar-refractivity contribution in [1.82, 2.24) is 4.90 Å². The molecule has 3 aromatic carbocycles. The summed E-state index contributed by atoms with van der Waals surface area (Å²) >= 11 is 0. The lowest BCUT2D eigenvalue weighted by Crippen LogP contribution is -2.39. The summed E-state index contributed by atoms with van der Waals surface area (Å²) in [6.07, 6.45) is 0.244. The summed E-state index contributed by atoms with van der Waals surface area (Å²) in [6, 6.07) is 21.6. The van der Waals surface area contributed by atoms with Crippen LogP contribution < -0.4 is 14.8 Å². The van der Waals surface area contributed by atoms with Crippen molar-refractivity contribution < 1.29 is 19.1 Å². The topological polar surface area (TPSA) is 67.9 Å². The fourth-order valence-electron chi connectivity index (χ4n) is 4.36. The fraction of sp³-hybridized carbons (Fsp3) is 0.355. The van der Waals surface area contributed by atoms with Gasteiger partial charge in [-0.15, -0.1) is 0 Å². The van der Waals surface area contributed by atoms with Crippen LogP contribution >= 0.6 is 0 Å². The van der Waals surface area contributed by atoms with E-state index in [1.165, 1.54) is 0 Å². The van der Waals surface area contributed by atoms with Crippen LogP contribution in [0.15, 0.2) is 66.7 Å². The molecule has 6 nitrogen and oxygen atoms in total. The lowest BCUT2D eigenvalue weighted by molar-refractivity contribution is -0.115. The van der Waals surface area contributed by atoms with Crippen molar-refractivity contribution in [3.63, 3.8) is 0 Å². The third kappa shape index (κ3) is 7.92. The van der Waals surface area contributed by atoms with Gasteiger partial charge in [0.25, 0.3) is 0 Å². The standard InChI is InChI=1S/C31H38N2O4/c1-21(2)33(22(3)4)16-17-37-30-20-28(14-15-29(30)36-6)32-31(35)18-24-10-12-25(13-11-24)27-9-7-8-26(19-27)23(5)34/h7-15,19-22H,16-18H2,1-6H3,(H,32,35). The van der Waals surface area contributed by atoms with Gasteiger partial charge in [-0.1, -0.05) is 42.5 Å². The molecule has 1 amide bonds. The minimum Gasteiger partial charge on any atom is -0.493 e. The Labute approximate surface area is 220 Å². The second kappa shape index (κ2) is 13.1. The van der Waals surface area contributed by atoms with Crippen LogP contribution in [0.1, 0.15) is 50.5 Å². The van der Waals surface area contributed by atoms with Gasteiger partial charge in [0, 0.05) is 35.9 Å². The van der Waals surface area contributed by atoms with Gasteiger partial charge in [0.2, 0.25) is 5.91 Å². The molecule has 0 saturated carbocycles. The molecule has 6 heteroatoms. The number of carbonyl (C=O) groups excluding carboxylic acids is 2. The third-order valence-electron chi connectivity index (χ3n) is 6.30. The second-order valence-electron chi connectivity index (χ2n) is 9.70. The molecule has 0 aliphatic rings. The number of hydrogen-bond acceptors (Lipinski definition) is 5. The van der Waals surface area contributed by atoms with Crippen LogP contribution in [0.25, 0.3) is 11.1 Å². The lowest BCUT2D eigenvalue weighted by atomic mass is 10.00. The molecule has 0 aromatic heterocycles. The Hall–Kier alpha value is -3.64. The summed E-state index contributed by atoms with van der Waals surface area (Å²) in [6.45, 7) is 11.6. The Morgan fingerprint density at radius 3 is 2.19 bits per heavy atom. The molecule has 0 radical (unpaired) electrons. The molecule has 0 spiro atoms. The SMILES string of the molecule is COc1ccc(NC(=O)Cc2ccc(-c3cccc(C(C)=O)c3)cc2)cc1OCCN(C(C)C)C(C)C. The van der Waals surface area contributed by atoms with E-state index in [0.29, 0.717) is 41.4 Å². The quantitative estimate of drug-likeness (QED) is 0.297. The molecule has 0 aliphatic carbocycles. The molecule has 0 bridgehead atoms. The summed E-state index contributed by atoms with van der Waals surface area (Å²) in [5, 5.41) is 2.96. The molecular formula is C31H38N2O4. The van der Waals surface area contributed by atoms with Gasteiger partial charge < -0.3 is 14.8 Å². The highest BCUT2D eigenvalue weighted by atomic mass is 16.5. The summed E-state index contributed by atoms with van der Waals surface area (Å²) in [7, 11) is 1.61. The number of methoxy groups -OCH3 is 1. The van der Waals surface area contributed by atoms with Crippen LogP contribution in [0.2, 0.25) is 0 Å². The Kier molecular flexibility index (Phi) is 9.86. The number of benzene rings is 3. The molecule has 196 valence electrons. The zero-order valence-electron chi connectivity index (χ0n) is 22.7. The van der Waals surface area contributed by atoms with E-state index in [9.17, 15) is 9.59 Å². The molecule has 0 unspecified atom stereocenters. The van der Waals surface area contributed by atoms with Gasteiger partial charge in [0.15, 0.2) is 17.3 Å². The van der Waals surface area contributed by atoms with Crippen molar-refractivity contribution in [1.29, 1.82) is 0 Å². The molecule has 3 aromatic rings. The molecule has 3 rings (SSSR count). The number of ketones is 1. The third-order valence-corrected chi connectivity index (χ3v) is 6.30. The number of anilines is 1. The van der Waals surface area contributed by atoms with Crippen molar-refractivity contribution in [2.45, 2.75) is 53.1 Å². The molecule has 0 fully saturated rings. The Morgan fingerprint density at radius 1 is 0.865 bits per heavy atom. The highest BCUT2D eigenvalue weighted by Gasteiger charge is 2.14. The van der Waals surface area contributed by atoms with Gasteiger partial charge >= 0.3 is 0 Å². The first-order valence-corrected chi connectivity index (χ1v) is 12.7. The lowest BCUT2D eigenvalue weighted by Gasteiger charge is -2.30. The van der Waals surface area contributed by atoms with E-state index >= 15 is 0 Å². The van der Waals surface area contributed by atoms with E-state index < -0.39 is 0 Å². The number of carbonyl (C=O) groups is 2. The molecule has 0 atom stereocenters. The first kappa shape index (κ1) is 27.9. The van der Waals surface area contributed by atoms with Crippen molar-refractivity contribution in [2.75, 3.05) is 25.6 Å². The molecule has 0 aliphatic heterocycles. The maximum atomic E-state index is 12.7. The second-order valence-corrected chi connectivity index (χ2v) is 9.70. The van der Waals surface area contributed by atoms with E-state index in [4.69, 9.17) is 9.47 Å². The summed E-state index contributed by atoms with van der Waals surface area (Å²) in [5.74, 6) is 1.15. The molecule has 0 heterocycles. The van der Waals surface area contributed by atoms with Crippen LogP contribution in [0.5, 0.6) is 11.5 Å². The first-order valence-electron chi connectivity index (χ1n) is 12.7. The first-order chi connectivity index (χ1) is 17.7. The number of Topliss-reactive ketones (excluding diaryl/α,β-unsaturated/α-hetero) is 1. The zero-order chi connectivity index (χ0) is 26.9.